The van der Waals surface area contributed by atoms with E-state index in [2.05, 4.69) is 19.2 Å². The van der Waals surface area contributed by atoms with Gasteiger partial charge in [-0.15, -0.1) is 0 Å². The van der Waals surface area contributed by atoms with Gasteiger partial charge in [-0.2, -0.15) is 0 Å². The summed E-state index contributed by atoms with van der Waals surface area (Å²) >= 11 is 0. The minimum atomic E-state index is -0.457. The first-order valence-corrected chi connectivity index (χ1v) is 8.14. The average Bonchev–Trinajstić information content (AvgIpc) is 2.41. The maximum Gasteiger partial charge on any atom is 0.410 e. The molecule has 2 unspecified atom stereocenters. The van der Waals surface area contributed by atoms with E-state index >= 15 is 0 Å². The van der Waals surface area contributed by atoms with Crippen molar-refractivity contribution >= 4 is 6.09 Å². The van der Waals surface area contributed by atoms with Crippen LogP contribution in [0.3, 0.4) is 0 Å². The van der Waals surface area contributed by atoms with Crippen LogP contribution in [0.15, 0.2) is 0 Å². The van der Waals surface area contributed by atoms with E-state index < -0.39 is 5.60 Å². The number of hydrogen-bond donors (Lipinski definition) is 1. The van der Waals surface area contributed by atoms with Gasteiger partial charge in [0.2, 0.25) is 0 Å². The van der Waals surface area contributed by atoms with E-state index in [0.717, 1.165) is 13.0 Å². The summed E-state index contributed by atoms with van der Waals surface area (Å²) in [5, 5.41) is 3.51. The van der Waals surface area contributed by atoms with Crippen molar-refractivity contribution in [2.24, 2.45) is 0 Å². The van der Waals surface area contributed by atoms with Crippen LogP contribution in [0.1, 0.15) is 53.9 Å². The van der Waals surface area contributed by atoms with Crippen LogP contribution in [0.2, 0.25) is 0 Å². The summed E-state index contributed by atoms with van der Waals surface area (Å²) in [5.41, 5.74) is -0.457. The van der Waals surface area contributed by atoms with Crippen LogP contribution in [-0.2, 0) is 9.47 Å². The Morgan fingerprint density at radius 2 is 2.19 bits per heavy atom. The number of nitrogens with one attached hydrogen (secondary N) is 1. The number of amides is 1. The molecule has 1 amide bonds. The fourth-order valence-electron chi connectivity index (χ4n) is 2.33. The Balaban J connectivity index is 2.47. The zero-order valence-corrected chi connectivity index (χ0v) is 14.3. The molecule has 21 heavy (non-hydrogen) atoms. The van der Waals surface area contributed by atoms with Crippen LogP contribution < -0.4 is 5.32 Å². The van der Waals surface area contributed by atoms with E-state index in [0.29, 0.717) is 25.8 Å². The molecule has 1 saturated heterocycles. The van der Waals surface area contributed by atoms with Gasteiger partial charge in [0.1, 0.15) is 5.60 Å². The van der Waals surface area contributed by atoms with Crippen molar-refractivity contribution in [1.82, 2.24) is 10.2 Å². The Morgan fingerprint density at radius 1 is 1.48 bits per heavy atom. The molecule has 124 valence electrons. The number of carbonyl (C=O) groups is 1. The lowest BCUT2D eigenvalue weighted by molar-refractivity contribution is -0.0321. The van der Waals surface area contributed by atoms with Gasteiger partial charge in [0.05, 0.1) is 19.3 Å². The van der Waals surface area contributed by atoms with E-state index in [9.17, 15) is 4.79 Å². The van der Waals surface area contributed by atoms with Crippen molar-refractivity contribution < 1.29 is 14.3 Å². The van der Waals surface area contributed by atoms with Gasteiger partial charge < -0.3 is 14.8 Å². The fraction of sp³-hybridized carbons (Fsp3) is 0.938. The van der Waals surface area contributed by atoms with Crippen LogP contribution in [-0.4, -0.2) is 55.0 Å². The minimum absolute atomic E-state index is 0.0534. The third-order valence-electron chi connectivity index (χ3n) is 3.55. The van der Waals surface area contributed by atoms with Crippen molar-refractivity contribution in [3.8, 4) is 0 Å². The zero-order chi connectivity index (χ0) is 15.9. The molecule has 0 saturated carbocycles. The van der Waals surface area contributed by atoms with Gasteiger partial charge in [-0.05, 0) is 34.1 Å². The molecule has 1 heterocycles. The first-order chi connectivity index (χ1) is 9.83. The third kappa shape index (κ3) is 7.14. The summed E-state index contributed by atoms with van der Waals surface area (Å²) in [5.74, 6) is 0. The first kappa shape index (κ1) is 18.2. The third-order valence-corrected chi connectivity index (χ3v) is 3.55. The van der Waals surface area contributed by atoms with E-state index in [1.165, 1.54) is 12.8 Å². The normalized spacial score (nSPS) is 21.2. The van der Waals surface area contributed by atoms with Crippen LogP contribution in [0.4, 0.5) is 4.79 Å². The molecule has 2 atom stereocenters. The summed E-state index contributed by atoms with van der Waals surface area (Å²) < 4.78 is 11.0. The molecule has 0 spiro atoms. The molecule has 0 bridgehead atoms. The van der Waals surface area contributed by atoms with Crippen LogP contribution in [0, 0.1) is 0 Å². The second-order valence-electron chi connectivity index (χ2n) is 6.85. The molecule has 0 aromatic rings. The fourth-order valence-corrected chi connectivity index (χ4v) is 2.33. The molecule has 1 fully saturated rings. The molecule has 5 heteroatoms. The van der Waals surface area contributed by atoms with Crippen LogP contribution >= 0.6 is 0 Å². The zero-order valence-electron chi connectivity index (χ0n) is 14.3. The summed E-state index contributed by atoms with van der Waals surface area (Å²) in [6.45, 7) is 12.6. The van der Waals surface area contributed by atoms with E-state index in [4.69, 9.17) is 9.47 Å². The minimum Gasteiger partial charge on any atom is -0.444 e. The number of nitrogens with zero attached hydrogens (tertiary/aromatic N) is 1. The van der Waals surface area contributed by atoms with Crippen molar-refractivity contribution in [3.05, 3.63) is 0 Å². The number of rotatable bonds is 6. The lowest BCUT2D eigenvalue weighted by atomic mass is 10.1. The highest BCUT2D eigenvalue weighted by Crippen LogP contribution is 2.14. The molecule has 0 aromatic heterocycles. The Kier molecular flexibility index (Phi) is 7.46. The largest absolute Gasteiger partial charge is 0.444 e. The van der Waals surface area contributed by atoms with Gasteiger partial charge in [0.25, 0.3) is 0 Å². The van der Waals surface area contributed by atoms with Gasteiger partial charge >= 0.3 is 6.09 Å². The maximum absolute atomic E-state index is 12.3. The molecule has 0 aromatic carbocycles. The molecular formula is C16H32N2O3. The summed E-state index contributed by atoms with van der Waals surface area (Å²) in [4.78, 5) is 14.1. The summed E-state index contributed by atoms with van der Waals surface area (Å²) in [6.07, 6.45) is 3.36. The highest BCUT2D eigenvalue weighted by molar-refractivity contribution is 5.68. The highest BCUT2D eigenvalue weighted by atomic mass is 16.6. The van der Waals surface area contributed by atoms with Gasteiger partial charge in [0, 0.05) is 19.1 Å². The molecular weight excluding hydrogens is 268 g/mol. The number of ether oxygens (including phenoxy) is 2. The molecule has 1 aliphatic heterocycles. The summed E-state index contributed by atoms with van der Waals surface area (Å²) in [7, 11) is 0. The predicted molar refractivity (Wildman–Crippen MR) is 84.5 cm³/mol. The van der Waals surface area contributed by atoms with E-state index in [1.807, 2.05) is 20.8 Å². The molecule has 5 nitrogen and oxygen atoms in total. The Morgan fingerprint density at radius 3 is 2.81 bits per heavy atom. The first-order valence-electron chi connectivity index (χ1n) is 8.14. The molecule has 1 aliphatic rings. The van der Waals surface area contributed by atoms with E-state index in [1.54, 1.807) is 4.90 Å². The van der Waals surface area contributed by atoms with Gasteiger partial charge in [0.15, 0.2) is 0 Å². The number of carbonyl (C=O) groups excluding carboxylic acids is 1. The number of hydrogen-bond acceptors (Lipinski definition) is 4. The number of unbranched alkanes of at least 4 members (excludes halogenated alkanes) is 1. The second kappa shape index (κ2) is 8.59. The summed E-state index contributed by atoms with van der Waals surface area (Å²) in [6, 6.07) is 0.519. The van der Waals surface area contributed by atoms with Crippen molar-refractivity contribution in [3.63, 3.8) is 0 Å². The van der Waals surface area contributed by atoms with Gasteiger partial charge in [-0.25, -0.2) is 4.79 Å². The van der Waals surface area contributed by atoms with Crippen molar-refractivity contribution in [2.75, 3.05) is 26.3 Å². The maximum atomic E-state index is 12.3. The van der Waals surface area contributed by atoms with Crippen molar-refractivity contribution in [2.45, 2.75) is 71.6 Å². The Labute approximate surface area is 129 Å². The van der Waals surface area contributed by atoms with E-state index in [-0.39, 0.29) is 12.1 Å². The van der Waals surface area contributed by atoms with Crippen LogP contribution in [0.25, 0.3) is 0 Å². The monoisotopic (exact) mass is 300 g/mol. The molecule has 1 N–H and O–H groups in total. The SMILES string of the molecule is CCCCC(C)NCC1COCCN1C(=O)OC(C)(C)C. The van der Waals surface area contributed by atoms with Gasteiger partial charge in [-0.3, -0.25) is 4.90 Å². The highest BCUT2D eigenvalue weighted by Gasteiger charge is 2.30. The lowest BCUT2D eigenvalue weighted by Crippen LogP contribution is -2.54. The lowest BCUT2D eigenvalue weighted by Gasteiger charge is -2.37. The smallest absolute Gasteiger partial charge is 0.410 e. The second-order valence-corrected chi connectivity index (χ2v) is 6.85. The number of morpholine rings is 1. The Bertz CT molecular complexity index is 315. The molecule has 1 rings (SSSR count). The molecule has 0 aliphatic carbocycles. The van der Waals surface area contributed by atoms with Crippen molar-refractivity contribution in [1.29, 1.82) is 0 Å². The predicted octanol–water partition coefficient (Wildman–Crippen LogP) is 2.79. The quantitative estimate of drug-likeness (QED) is 0.819. The Hall–Kier alpha value is -0.810. The average molecular weight is 300 g/mol. The topological polar surface area (TPSA) is 50.8 Å². The van der Waals surface area contributed by atoms with Crippen LogP contribution in [0.5, 0.6) is 0 Å². The van der Waals surface area contributed by atoms with Gasteiger partial charge in [-0.1, -0.05) is 19.8 Å². The molecule has 0 radical (unpaired) electrons. The standard InChI is InChI=1S/C16H32N2O3/c1-6-7-8-13(2)17-11-14-12-20-10-9-18(14)15(19)21-16(3,4)5/h13-14,17H,6-12H2,1-5H3.